The number of aryl methyl sites for hydroxylation is 1. The summed E-state index contributed by atoms with van der Waals surface area (Å²) in [7, 11) is 2.06. The van der Waals surface area contributed by atoms with Crippen molar-refractivity contribution < 1.29 is 0 Å². The molecule has 2 aromatic heterocycles. The average molecular weight is 378 g/mol. The van der Waals surface area contributed by atoms with Gasteiger partial charge in [0, 0.05) is 36.8 Å². The number of nitrogens with zero attached hydrogens (tertiary/aromatic N) is 5. The van der Waals surface area contributed by atoms with E-state index >= 15 is 0 Å². The van der Waals surface area contributed by atoms with Gasteiger partial charge in [0.15, 0.2) is 5.82 Å². The van der Waals surface area contributed by atoms with Crippen molar-refractivity contribution in [2.45, 2.75) is 19.9 Å². The van der Waals surface area contributed by atoms with E-state index in [-0.39, 0.29) is 0 Å². The molecule has 2 aromatic carbocycles. The predicted molar refractivity (Wildman–Crippen MR) is 108 cm³/mol. The predicted octanol–water partition coefficient (Wildman–Crippen LogP) is 4.31. The molecule has 0 saturated heterocycles. The molecule has 0 fully saturated rings. The molecule has 0 spiro atoms. The Labute approximate surface area is 163 Å². The van der Waals surface area contributed by atoms with Gasteiger partial charge in [-0.3, -0.25) is 0 Å². The zero-order valence-electron chi connectivity index (χ0n) is 15.3. The lowest BCUT2D eigenvalue weighted by Gasteiger charge is -2.20. The van der Waals surface area contributed by atoms with Crippen LogP contribution in [0.15, 0.2) is 60.7 Å². The Kier molecular flexibility index (Phi) is 4.77. The third-order valence-corrected chi connectivity index (χ3v) is 4.65. The lowest BCUT2D eigenvalue weighted by molar-refractivity contribution is 0.815. The van der Waals surface area contributed by atoms with Crippen molar-refractivity contribution in [1.82, 2.24) is 19.6 Å². The topological polar surface area (TPSA) is 46.3 Å². The van der Waals surface area contributed by atoms with Crippen molar-refractivity contribution in [1.29, 1.82) is 0 Å². The van der Waals surface area contributed by atoms with E-state index in [9.17, 15) is 0 Å². The maximum absolute atomic E-state index is 5.97. The van der Waals surface area contributed by atoms with E-state index in [0.29, 0.717) is 12.2 Å². The van der Waals surface area contributed by atoms with Gasteiger partial charge in [-0.2, -0.15) is 9.50 Å². The van der Waals surface area contributed by atoms with E-state index in [0.717, 1.165) is 34.5 Å². The van der Waals surface area contributed by atoms with E-state index in [4.69, 9.17) is 16.7 Å². The molecule has 0 aliphatic heterocycles. The van der Waals surface area contributed by atoms with Crippen LogP contribution < -0.4 is 4.90 Å². The third-order valence-electron chi connectivity index (χ3n) is 4.39. The summed E-state index contributed by atoms with van der Waals surface area (Å²) in [5.74, 6) is 2.33. The number of aromatic nitrogens is 4. The SMILES string of the molecule is Cc1cc(N(C)Cc2ccccc2)n2nc(Cc3ccc(Cl)cc3)nc2n1. The zero-order valence-corrected chi connectivity index (χ0v) is 16.1. The van der Waals surface area contributed by atoms with Crippen LogP contribution in [0, 0.1) is 6.92 Å². The van der Waals surface area contributed by atoms with Gasteiger partial charge in [-0.1, -0.05) is 54.1 Å². The average Bonchev–Trinajstić information content (AvgIpc) is 3.05. The van der Waals surface area contributed by atoms with Crippen molar-refractivity contribution in [3.8, 4) is 0 Å². The van der Waals surface area contributed by atoms with Crippen molar-refractivity contribution in [2.24, 2.45) is 0 Å². The molecule has 0 unspecified atom stereocenters. The molecule has 0 saturated carbocycles. The molecule has 0 radical (unpaired) electrons. The quantitative estimate of drug-likeness (QED) is 0.520. The maximum Gasteiger partial charge on any atom is 0.254 e. The fraction of sp³-hybridized carbons (Fsp3) is 0.190. The minimum Gasteiger partial charge on any atom is -0.355 e. The summed E-state index contributed by atoms with van der Waals surface area (Å²) in [5.41, 5.74) is 3.28. The van der Waals surface area contributed by atoms with E-state index < -0.39 is 0 Å². The monoisotopic (exact) mass is 377 g/mol. The number of benzene rings is 2. The summed E-state index contributed by atoms with van der Waals surface area (Å²) in [6.07, 6.45) is 0.640. The molecule has 27 heavy (non-hydrogen) atoms. The van der Waals surface area contributed by atoms with Crippen molar-refractivity contribution in [2.75, 3.05) is 11.9 Å². The highest BCUT2D eigenvalue weighted by Gasteiger charge is 2.14. The van der Waals surface area contributed by atoms with Crippen LogP contribution in [-0.2, 0) is 13.0 Å². The molecule has 0 amide bonds. The minimum atomic E-state index is 0.619. The summed E-state index contributed by atoms with van der Waals surface area (Å²) < 4.78 is 1.82. The lowest BCUT2D eigenvalue weighted by Crippen LogP contribution is -2.20. The molecule has 6 heteroatoms. The van der Waals surface area contributed by atoms with Gasteiger partial charge in [0.25, 0.3) is 5.78 Å². The Morgan fingerprint density at radius 2 is 1.70 bits per heavy atom. The number of hydrogen-bond acceptors (Lipinski definition) is 4. The molecule has 2 heterocycles. The van der Waals surface area contributed by atoms with Crippen molar-refractivity contribution in [3.63, 3.8) is 0 Å². The smallest absolute Gasteiger partial charge is 0.254 e. The molecule has 5 nitrogen and oxygen atoms in total. The van der Waals surface area contributed by atoms with Gasteiger partial charge in [0.1, 0.15) is 5.82 Å². The van der Waals surface area contributed by atoms with Crippen LogP contribution in [0.2, 0.25) is 5.02 Å². The Morgan fingerprint density at radius 1 is 0.963 bits per heavy atom. The molecule has 0 atom stereocenters. The van der Waals surface area contributed by atoms with Gasteiger partial charge in [0.2, 0.25) is 0 Å². The van der Waals surface area contributed by atoms with E-state index in [1.165, 1.54) is 5.56 Å². The molecule has 136 valence electrons. The summed E-state index contributed by atoms with van der Waals surface area (Å²) in [6.45, 7) is 2.76. The number of fused-ring (bicyclic) bond motifs is 1. The van der Waals surface area contributed by atoms with Crippen molar-refractivity contribution >= 4 is 23.2 Å². The molecule has 4 rings (SSSR count). The molecular formula is C21H20ClN5. The van der Waals surface area contributed by atoms with E-state index in [1.807, 2.05) is 47.8 Å². The standard InChI is InChI=1S/C21H20ClN5/c1-15-12-20(26(2)14-17-6-4-3-5-7-17)27-21(23-15)24-19(25-27)13-16-8-10-18(22)11-9-16/h3-12H,13-14H2,1-2H3. The first kappa shape index (κ1) is 17.5. The summed E-state index contributed by atoms with van der Waals surface area (Å²) in [4.78, 5) is 11.3. The first-order chi connectivity index (χ1) is 13.1. The number of hydrogen-bond donors (Lipinski definition) is 0. The van der Waals surface area contributed by atoms with Crippen LogP contribution in [0.1, 0.15) is 22.6 Å². The Balaban J connectivity index is 1.66. The van der Waals surface area contributed by atoms with Crippen LogP contribution in [0.25, 0.3) is 5.78 Å². The van der Waals surface area contributed by atoms with Gasteiger partial charge >= 0.3 is 0 Å². The highest BCUT2D eigenvalue weighted by Crippen LogP contribution is 2.19. The number of rotatable bonds is 5. The van der Waals surface area contributed by atoms with Crippen LogP contribution in [0.3, 0.4) is 0 Å². The summed E-state index contributed by atoms with van der Waals surface area (Å²) in [6, 6.07) is 20.2. The third kappa shape index (κ3) is 3.93. The summed E-state index contributed by atoms with van der Waals surface area (Å²) >= 11 is 5.97. The molecule has 0 bridgehead atoms. The fourth-order valence-electron chi connectivity index (χ4n) is 3.08. The highest BCUT2D eigenvalue weighted by atomic mass is 35.5. The minimum absolute atomic E-state index is 0.619. The number of anilines is 1. The second kappa shape index (κ2) is 7.37. The lowest BCUT2D eigenvalue weighted by atomic mass is 10.1. The highest BCUT2D eigenvalue weighted by molar-refractivity contribution is 6.30. The largest absolute Gasteiger partial charge is 0.355 e. The molecule has 0 aliphatic carbocycles. The zero-order chi connectivity index (χ0) is 18.8. The van der Waals surface area contributed by atoms with E-state index in [2.05, 4.69) is 46.2 Å². The first-order valence-electron chi connectivity index (χ1n) is 8.81. The van der Waals surface area contributed by atoms with Crippen LogP contribution in [-0.4, -0.2) is 26.6 Å². The van der Waals surface area contributed by atoms with Crippen LogP contribution in [0.4, 0.5) is 5.82 Å². The molecule has 0 N–H and O–H groups in total. The second-order valence-corrected chi connectivity index (χ2v) is 7.08. The van der Waals surface area contributed by atoms with Crippen LogP contribution in [0.5, 0.6) is 0 Å². The van der Waals surface area contributed by atoms with Gasteiger partial charge in [-0.25, -0.2) is 4.98 Å². The number of halogens is 1. The van der Waals surface area contributed by atoms with E-state index in [1.54, 1.807) is 0 Å². The van der Waals surface area contributed by atoms with Gasteiger partial charge in [-0.05, 0) is 30.2 Å². The first-order valence-corrected chi connectivity index (χ1v) is 9.19. The fourth-order valence-corrected chi connectivity index (χ4v) is 3.21. The van der Waals surface area contributed by atoms with Gasteiger partial charge in [0.05, 0.1) is 0 Å². The molecular weight excluding hydrogens is 358 g/mol. The molecule has 0 aliphatic rings. The van der Waals surface area contributed by atoms with Crippen molar-refractivity contribution in [3.05, 3.63) is 88.3 Å². The normalized spacial score (nSPS) is 11.1. The Bertz CT molecular complexity index is 1060. The van der Waals surface area contributed by atoms with Gasteiger partial charge < -0.3 is 4.90 Å². The van der Waals surface area contributed by atoms with Gasteiger partial charge in [-0.15, -0.1) is 5.10 Å². The summed E-state index contributed by atoms with van der Waals surface area (Å²) in [5, 5.41) is 5.43. The van der Waals surface area contributed by atoms with Crippen LogP contribution >= 0.6 is 11.6 Å². The second-order valence-electron chi connectivity index (χ2n) is 6.64. The Morgan fingerprint density at radius 3 is 2.44 bits per heavy atom. The molecule has 4 aromatic rings. The Hall–Kier alpha value is -2.92. The maximum atomic E-state index is 5.97.